The van der Waals surface area contributed by atoms with Gasteiger partial charge in [-0.1, -0.05) is 75.3 Å². The Hall–Kier alpha value is -1.58. The summed E-state index contributed by atoms with van der Waals surface area (Å²) in [5.74, 6) is 1.82. The molecule has 1 aromatic heterocycles. The lowest BCUT2D eigenvalue weighted by Crippen LogP contribution is -3.00. The molecule has 0 atom stereocenters. The molecular weight excluding hydrogens is 523 g/mol. The molecule has 1 saturated carbocycles. The molecule has 0 N–H and O–H groups in total. The molecule has 1 heterocycles. The molecule has 2 nitrogen and oxygen atoms in total. The number of pyridine rings is 1. The number of halogens is 1. The van der Waals surface area contributed by atoms with Crippen molar-refractivity contribution in [2.45, 2.75) is 75.0 Å². The highest BCUT2D eigenvalue weighted by molar-refractivity contribution is 7.98. The van der Waals surface area contributed by atoms with Gasteiger partial charge in [-0.2, -0.15) is 9.83 Å². The topological polar surface area (TPSA) is 27.7 Å². The summed E-state index contributed by atoms with van der Waals surface area (Å²) < 4.78 is 2.44. The molecule has 0 amide bonds. The quantitative estimate of drug-likeness (QED) is 0.169. The molecule has 0 aliphatic heterocycles. The predicted octanol–water partition coefficient (Wildman–Crippen LogP) is 4.44. The number of thioether (sulfide) groups is 1. The standard InChI is InChI=1S/C28H33N2S.HI/c29-20-25-15-6-7-16-26(25)22-31-27-19-24-14-8-9-17-28(24)30(21-27)18-10-2-5-13-23-11-3-1-4-12-23;/h6-9,14-17,19,21,23H,1-5,10-13,18,22H2;1H/q+1;/p-1. The van der Waals surface area contributed by atoms with Crippen LogP contribution in [-0.4, -0.2) is 0 Å². The van der Waals surface area contributed by atoms with Crippen LogP contribution >= 0.6 is 11.8 Å². The van der Waals surface area contributed by atoms with Gasteiger partial charge in [0.25, 0.3) is 0 Å². The second kappa shape index (κ2) is 13.2. The Labute approximate surface area is 214 Å². The maximum Gasteiger partial charge on any atom is 0.212 e. The van der Waals surface area contributed by atoms with Crippen molar-refractivity contribution in [2.24, 2.45) is 5.92 Å². The van der Waals surface area contributed by atoms with Gasteiger partial charge >= 0.3 is 0 Å². The van der Waals surface area contributed by atoms with Crippen molar-refractivity contribution in [3.8, 4) is 6.07 Å². The van der Waals surface area contributed by atoms with E-state index in [1.165, 1.54) is 73.6 Å². The normalized spacial score (nSPS) is 14.1. The van der Waals surface area contributed by atoms with Crippen LogP contribution in [0.5, 0.6) is 0 Å². The van der Waals surface area contributed by atoms with E-state index in [2.05, 4.69) is 53.2 Å². The van der Waals surface area contributed by atoms with Gasteiger partial charge in [0.1, 0.15) is 6.54 Å². The molecule has 2 aromatic carbocycles. The van der Waals surface area contributed by atoms with Crippen LogP contribution in [0.15, 0.2) is 65.7 Å². The minimum absolute atomic E-state index is 0. The highest BCUT2D eigenvalue weighted by atomic mass is 127. The fourth-order valence-electron chi connectivity index (χ4n) is 4.83. The zero-order valence-corrected chi connectivity index (χ0v) is 21.8. The summed E-state index contributed by atoms with van der Waals surface area (Å²) in [5, 5.41) is 10.7. The molecule has 0 saturated heterocycles. The van der Waals surface area contributed by atoms with E-state index in [-0.39, 0.29) is 24.0 Å². The highest BCUT2D eigenvalue weighted by Crippen LogP contribution is 2.28. The maximum absolute atomic E-state index is 9.36. The average molecular weight is 557 g/mol. The van der Waals surface area contributed by atoms with E-state index in [4.69, 9.17) is 0 Å². The lowest BCUT2D eigenvalue weighted by Gasteiger charge is -2.21. The SMILES string of the molecule is N#Cc1ccccc1CSc1cc2ccccc2[n+](CCCCCC2CCCCC2)c1.[I-]. The Bertz CT molecular complexity index is 1040. The molecule has 1 aliphatic rings. The maximum atomic E-state index is 9.36. The number of fused-ring (bicyclic) bond motifs is 1. The lowest BCUT2D eigenvalue weighted by molar-refractivity contribution is -0.673. The van der Waals surface area contributed by atoms with E-state index < -0.39 is 0 Å². The largest absolute Gasteiger partial charge is 1.00 e. The van der Waals surface area contributed by atoms with E-state index in [0.717, 1.165) is 29.3 Å². The van der Waals surface area contributed by atoms with Gasteiger partial charge in [-0.25, -0.2) is 0 Å². The molecule has 4 heteroatoms. The van der Waals surface area contributed by atoms with Crippen LogP contribution in [0.2, 0.25) is 0 Å². The first kappa shape index (κ1) is 25.1. The third-order valence-electron chi connectivity index (χ3n) is 6.60. The molecular formula is C28H33IN2S. The number of hydrogen-bond acceptors (Lipinski definition) is 2. The molecule has 0 unspecified atom stereocenters. The van der Waals surface area contributed by atoms with E-state index in [1.54, 1.807) is 0 Å². The summed E-state index contributed by atoms with van der Waals surface area (Å²) in [6.07, 6.45) is 15.0. The minimum Gasteiger partial charge on any atom is -1.00 e. The highest BCUT2D eigenvalue weighted by Gasteiger charge is 2.14. The number of hydrogen-bond donors (Lipinski definition) is 0. The smallest absolute Gasteiger partial charge is 0.212 e. The van der Waals surface area contributed by atoms with Crippen molar-refractivity contribution < 1.29 is 28.5 Å². The predicted molar refractivity (Wildman–Crippen MR) is 130 cm³/mol. The van der Waals surface area contributed by atoms with Crippen molar-refractivity contribution in [1.82, 2.24) is 0 Å². The van der Waals surface area contributed by atoms with Crippen LogP contribution < -0.4 is 28.5 Å². The summed E-state index contributed by atoms with van der Waals surface area (Å²) in [4.78, 5) is 1.27. The van der Waals surface area contributed by atoms with Crippen molar-refractivity contribution in [1.29, 1.82) is 5.26 Å². The Kier molecular flexibility index (Phi) is 10.3. The molecule has 0 spiro atoms. The first-order valence-electron chi connectivity index (χ1n) is 11.9. The molecule has 3 aromatic rings. The van der Waals surface area contributed by atoms with Gasteiger partial charge in [-0.3, -0.25) is 0 Å². The summed E-state index contributed by atoms with van der Waals surface area (Å²) in [6.45, 7) is 1.08. The fourth-order valence-corrected chi connectivity index (χ4v) is 5.82. The van der Waals surface area contributed by atoms with Crippen molar-refractivity contribution in [3.05, 3.63) is 71.9 Å². The average Bonchev–Trinajstić information content (AvgIpc) is 2.83. The number of para-hydroxylation sites is 1. The zero-order chi connectivity index (χ0) is 21.3. The second-order valence-corrected chi connectivity index (χ2v) is 9.89. The monoisotopic (exact) mass is 556 g/mol. The Balaban J connectivity index is 0.00000289. The second-order valence-electron chi connectivity index (χ2n) is 8.84. The van der Waals surface area contributed by atoms with Gasteiger partial charge in [-0.05, 0) is 36.1 Å². The Morgan fingerprint density at radius 1 is 0.938 bits per heavy atom. The number of aromatic nitrogens is 1. The molecule has 1 fully saturated rings. The van der Waals surface area contributed by atoms with E-state index in [0.29, 0.717) is 0 Å². The van der Waals surface area contributed by atoms with Crippen LogP contribution in [-0.2, 0) is 12.3 Å². The van der Waals surface area contributed by atoms with Crippen LogP contribution in [0.4, 0.5) is 0 Å². The van der Waals surface area contributed by atoms with Gasteiger partial charge in [-0.15, -0.1) is 11.8 Å². The van der Waals surface area contributed by atoms with Gasteiger partial charge in [0.05, 0.1) is 16.5 Å². The van der Waals surface area contributed by atoms with E-state index in [1.807, 2.05) is 30.0 Å². The minimum atomic E-state index is 0. The number of rotatable bonds is 9. The fraction of sp³-hybridized carbons (Fsp3) is 0.429. The van der Waals surface area contributed by atoms with Crippen molar-refractivity contribution in [3.63, 3.8) is 0 Å². The molecule has 168 valence electrons. The van der Waals surface area contributed by atoms with Crippen LogP contribution in [0.1, 0.15) is 68.9 Å². The Morgan fingerprint density at radius 3 is 2.56 bits per heavy atom. The molecule has 1 aliphatic carbocycles. The van der Waals surface area contributed by atoms with Crippen LogP contribution in [0.25, 0.3) is 10.9 Å². The molecule has 32 heavy (non-hydrogen) atoms. The third kappa shape index (κ3) is 6.96. The molecule has 4 rings (SSSR count). The zero-order valence-electron chi connectivity index (χ0n) is 18.8. The Morgan fingerprint density at radius 2 is 1.72 bits per heavy atom. The van der Waals surface area contributed by atoms with Crippen LogP contribution in [0.3, 0.4) is 0 Å². The summed E-state index contributed by atoms with van der Waals surface area (Å²) in [7, 11) is 0. The van der Waals surface area contributed by atoms with Crippen molar-refractivity contribution >= 4 is 22.7 Å². The van der Waals surface area contributed by atoms with Crippen LogP contribution in [0, 0.1) is 17.2 Å². The van der Waals surface area contributed by atoms with Gasteiger partial charge in [0.15, 0.2) is 6.20 Å². The molecule has 0 radical (unpaired) electrons. The lowest BCUT2D eigenvalue weighted by atomic mass is 9.85. The number of nitrogens with zero attached hydrogens (tertiary/aromatic N) is 2. The van der Waals surface area contributed by atoms with Gasteiger partial charge in [0, 0.05) is 23.6 Å². The van der Waals surface area contributed by atoms with Crippen molar-refractivity contribution in [2.75, 3.05) is 0 Å². The first-order chi connectivity index (χ1) is 15.3. The summed E-state index contributed by atoms with van der Waals surface area (Å²) >= 11 is 1.82. The summed E-state index contributed by atoms with van der Waals surface area (Å²) in [6, 6.07) is 21.2. The van der Waals surface area contributed by atoms with E-state index >= 15 is 0 Å². The van der Waals surface area contributed by atoms with E-state index in [9.17, 15) is 5.26 Å². The molecule has 0 bridgehead atoms. The first-order valence-corrected chi connectivity index (χ1v) is 12.8. The number of unbranched alkanes of at least 4 members (excludes halogenated alkanes) is 2. The third-order valence-corrected chi connectivity index (χ3v) is 7.61. The van der Waals surface area contributed by atoms with Gasteiger partial charge in [0.2, 0.25) is 5.52 Å². The number of nitriles is 1. The van der Waals surface area contributed by atoms with Gasteiger partial charge < -0.3 is 24.0 Å². The number of benzene rings is 2. The summed E-state index contributed by atoms with van der Waals surface area (Å²) in [5.41, 5.74) is 3.20. The number of aryl methyl sites for hydroxylation is 1.